The van der Waals surface area contributed by atoms with Crippen LogP contribution in [-0.4, -0.2) is 82.0 Å². The van der Waals surface area contributed by atoms with Crippen LogP contribution in [0.4, 0.5) is 15.8 Å². The molecule has 3 aromatic heterocycles. The molecule has 210 valence electrons. The Morgan fingerprint density at radius 1 is 1.15 bits per heavy atom. The third-order valence-corrected chi connectivity index (χ3v) is 8.74. The molecule has 1 spiro atoms. The van der Waals surface area contributed by atoms with Crippen molar-refractivity contribution in [1.29, 1.82) is 0 Å². The number of carbonyl (C=O) groups is 2. The monoisotopic (exact) mass is 557 g/mol. The highest BCUT2D eigenvalue weighted by atomic mass is 19.1. The molecule has 1 aliphatic carbocycles. The van der Waals surface area contributed by atoms with Crippen molar-refractivity contribution in [3.63, 3.8) is 0 Å². The standard InChI is InChI=1S/C29H28FN7O4/c1-16-2-3-17(25-33-27(41-34-25)18-10-35(11-18)28(39)20-8-22(20)30)6-23(16)32-26(38)21-9-31-37-5-4-19(7-24(21)37)36-12-29(13-36)14-40-15-29/h2-7,9,18,20,22H,8,10-15H2,1H3,(H,32,38)/t20-,22-/m0/s1. The molecule has 4 fully saturated rings. The average molecular weight is 558 g/mol. The molecule has 0 unspecified atom stereocenters. The highest BCUT2D eigenvalue weighted by Crippen LogP contribution is 2.41. The smallest absolute Gasteiger partial charge is 0.259 e. The van der Waals surface area contributed by atoms with Crippen molar-refractivity contribution in [3.8, 4) is 11.4 Å². The van der Waals surface area contributed by atoms with Gasteiger partial charge in [0.2, 0.25) is 17.6 Å². The Morgan fingerprint density at radius 2 is 1.95 bits per heavy atom. The molecule has 1 aromatic carbocycles. The Hall–Kier alpha value is -4.32. The zero-order valence-electron chi connectivity index (χ0n) is 22.4. The number of aromatic nitrogens is 4. The minimum Gasteiger partial charge on any atom is -0.380 e. The summed E-state index contributed by atoms with van der Waals surface area (Å²) in [5.41, 5.74) is 4.79. The molecule has 4 aliphatic rings. The fraction of sp³-hybridized carbons (Fsp3) is 0.414. The van der Waals surface area contributed by atoms with Gasteiger partial charge < -0.3 is 24.4 Å². The number of benzene rings is 1. The van der Waals surface area contributed by atoms with E-state index in [-0.39, 0.29) is 17.7 Å². The van der Waals surface area contributed by atoms with E-state index in [1.165, 1.54) is 0 Å². The fourth-order valence-corrected chi connectivity index (χ4v) is 5.93. The van der Waals surface area contributed by atoms with Crippen LogP contribution in [0.5, 0.6) is 0 Å². The van der Waals surface area contributed by atoms with Gasteiger partial charge in [-0.05, 0) is 37.1 Å². The van der Waals surface area contributed by atoms with Crippen molar-refractivity contribution in [2.45, 2.75) is 25.4 Å². The highest BCUT2D eigenvalue weighted by Gasteiger charge is 2.50. The largest absolute Gasteiger partial charge is 0.380 e. The van der Waals surface area contributed by atoms with Crippen molar-refractivity contribution < 1.29 is 23.2 Å². The second kappa shape index (κ2) is 8.84. The summed E-state index contributed by atoms with van der Waals surface area (Å²) < 4.78 is 25.8. The lowest BCUT2D eigenvalue weighted by Gasteiger charge is -2.56. The molecule has 3 saturated heterocycles. The lowest BCUT2D eigenvalue weighted by Crippen LogP contribution is -2.66. The molecule has 0 bridgehead atoms. The van der Waals surface area contributed by atoms with E-state index in [0.29, 0.717) is 53.5 Å². The van der Waals surface area contributed by atoms with E-state index in [1.807, 2.05) is 43.5 Å². The second-order valence-electron chi connectivity index (χ2n) is 11.9. The van der Waals surface area contributed by atoms with E-state index in [0.717, 1.165) is 43.1 Å². The number of hydrogen-bond donors (Lipinski definition) is 1. The molecule has 12 heteroatoms. The number of pyridine rings is 1. The number of amides is 2. The van der Waals surface area contributed by atoms with E-state index < -0.39 is 12.1 Å². The summed E-state index contributed by atoms with van der Waals surface area (Å²) >= 11 is 0. The van der Waals surface area contributed by atoms with Crippen LogP contribution in [0.3, 0.4) is 0 Å². The molecule has 11 nitrogen and oxygen atoms in total. The van der Waals surface area contributed by atoms with Crippen LogP contribution in [0.25, 0.3) is 16.9 Å². The Balaban J connectivity index is 0.969. The number of nitrogens with one attached hydrogen (secondary N) is 1. The number of carbonyl (C=O) groups excluding carboxylic acids is 2. The minimum atomic E-state index is -1.00. The van der Waals surface area contributed by atoms with Crippen molar-refractivity contribution in [2.75, 3.05) is 49.6 Å². The molecule has 3 aliphatic heterocycles. The van der Waals surface area contributed by atoms with Crippen LogP contribution in [-0.2, 0) is 9.53 Å². The highest BCUT2D eigenvalue weighted by molar-refractivity contribution is 6.09. The van der Waals surface area contributed by atoms with Gasteiger partial charge in [0, 0.05) is 49.3 Å². The number of ether oxygens (including phenoxy) is 1. The molecule has 1 N–H and O–H groups in total. The van der Waals surface area contributed by atoms with Crippen molar-refractivity contribution in [2.24, 2.45) is 11.3 Å². The van der Waals surface area contributed by atoms with Crippen LogP contribution in [0.15, 0.2) is 47.2 Å². The number of rotatable bonds is 6. The van der Waals surface area contributed by atoms with Gasteiger partial charge in [-0.25, -0.2) is 8.91 Å². The Morgan fingerprint density at radius 3 is 2.68 bits per heavy atom. The Kier molecular flexibility index (Phi) is 5.28. The number of fused-ring (bicyclic) bond motifs is 1. The third kappa shape index (κ3) is 4.07. The number of likely N-dealkylation sites (tertiary alicyclic amines) is 1. The first-order valence-electron chi connectivity index (χ1n) is 13.8. The van der Waals surface area contributed by atoms with Gasteiger partial charge >= 0.3 is 0 Å². The maximum atomic E-state index is 13.4. The maximum absolute atomic E-state index is 13.4. The van der Waals surface area contributed by atoms with Gasteiger partial charge in [0.1, 0.15) is 6.17 Å². The Bertz CT molecular complexity index is 1700. The molecular formula is C29H28FN7O4. The summed E-state index contributed by atoms with van der Waals surface area (Å²) in [6.07, 6.45) is 2.79. The molecule has 1 saturated carbocycles. The number of aryl methyl sites for hydroxylation is 1. The van der Waals surface area contributed by atoms with Gasteiger partial charge in [0.25, 0.3) is 5.91 Å². The number of hydrogen-bond acceptors (Lipinski definition) is 8. The summed E-state index contributed by atoms with van der Waals surface area (Å²) in [5, 5.41) is 11.5. The Labute approximate surface area is 234 Å². The predicted molar refractivity (Wildman–Crippen MR) is 145 cm³/mol. The van der Waals surface area contributed by atoms with Crippen LogP contribution in [0.2, 0.25) is 0 Å². The summed E-state index contributed by atoms with van der Waals surface area (Å²) in [7, 11) is 0. The zero-order valence-corrected chi connectivity index (χ0v) is 22.4. The van der Waals surface area contributed by atoms with Gasteiger partial charge in [-0.2, -0.15) is 10.1 Å². The topological polar surface area (TPSA) is 118 Å². The average Bonchev–Trinajstić information content (AvgIpc) is 3.24. The first-order valence-corrected chi connectivity index (χ1v) is 13.8. The van der Waals surface area contributed by atoms with Crippen molar-refractivity contribution in [1.82, 2.24) is 24.7 Å². The molecule has 6 heterocycles. The molecule has 0 radical (unpaired) electrons. The lowest BCUT2D eigenvalue weighted by atomic mass is 9.78. The normalized spacial score (nSPS) is 22.8. The van der Waals surface area contributed by atoms with Gasteiger partial charge in [-0.1, -0.05) is 17.3 Å². The third-order valence-electron chi connectivity index (χ3n) is 8.74. The molecular weight excluding hydrogens is 529 g/mol. The number of halogens is 1. The number of anilines is 2. The molecule has 2 atom stereocenters. The lowest BCUT2D eigenvalue weighted by molar-refractivity contribution is -0.137. The zero-order chi connectivity index (χ0) is 27.9. The van der Waals surface area contributed by atoms with Gasteiger partial charge in [0.05, 0.1) is 47.7 Å². The van der Waals surface area contributed by atoms with E-state index in [9.17, 15) is 14.0 Å². The second-order valence-corrected chi connectivity index (χ2v) is 11.9. The predicted octanol–water partition coefficient (Wildman–Crippen LogP) is 3.07. The van der Waals surface area contributed by atoms with Crippen LogP contribution < -0.4 is 10.2 Å². The quantitative estimate of drug-likeness (QED) is 0.384. The number of alkyl halides is 1. The van der Waals surface area contributed by atoms with Gasteiger partial charge in [-0.15, -0.1) is 0 Å². The summed E-state index contributed by atoms with van der Waals surface area (Å²) in [5.74, 6) is -0.0876. The SMILES string of the molecule is Cc1ccc(-c2noc(C3CN(C(=O)[C@H]4C[C@@H]4F)C3)n2)cc1NC(=O)c1cnn2ccc(N3CC4(COC4)C3)cc12. The number of nitrogens with zero attached hydrogens (tertiary/aromatic N) is 6. The van der Waals surface area contributed by atoms with E-state index in [2.05, 4.69) is 25.5 Å². The maximum Gasteiger partial charge on any atom is 0.259 e. The molecule has 41 heavy (non-hydrogen) atoms. The molecule has 8 rings (SSSR count). The minimum absolute atomic E-state index is 0.0639. The van der Waals surface area contributed by atoms with Crippen LogP contribution in [0, 0.1) is 18.3 Å². The first-order chi connectivity index (χ1) is 19.9. The first kappa shape index (κ1) is 24.5. The summed E-state index contributed by atoms with van der Waals surface area (Å²) in [6, 6.07) is 9.62. The van der Waals surface area contributed by atoms with Crippen molar-refractivity contribution >= 4 is 28.7 Å². The molecule has 4 aromatic rings. The summed E-state index contributed by atoms with van der Waals surface area (Å²) in [6.45, 7) is 6.37. The van der Waals surface area contributed by atoms with Gasteiger partial charge in [-0.3, -0.25) is 9.59 Å². The van der Waals surface area contributed by atoms with Gasteiger partial charge in [0.15, 0.2) is 0 Å². The van der Waals surface area contributed by atoms with E-state index in [1.54, 1.807) is 15.6 Å². The summed E-state index contributed by atoms with van der Waals surface area (Å²) in [4.78, 5) is 34.1. The van der Waals surface area contributed by atoms with Crippen LogP contribution in [0.1, 0.15) is 34.2 Å². The van der Waals surface area contributed by atoms with E-state index >= 15 is 0 Å². The van der Waals surface area contributed by atoms with Crippen LogP contribution >= 0.6 is 0 Å². The van der Waals surface area contributed by atoms with E-state index in [4.69, 9.17) is 9.26 Å². The molecule has 2 amide bonds. The van der Waals surface area contributed by atoms with Crippen molar-refractivity contribution in [3.05, 3.63) is 59.7 Å². The fourth-order valence-electron chi connectivity index (χ4n) is 5.93.